The average molecular weight is 481 g/mol. The Bertz CT molecular complexity index is 1450. The maximum absolute atomic E-state index is 13.6. The van der Waals surface area contributed by atoms with Crippen molar-refractivity contribution >= 4 is 23.4 Å². The minimum absolute atomic E-state index is 0.0640. The molecule has 176 valence electrons. The van der Waals surface area contributed by atoms with Crippen LogP contribution in [0.4, 0.5) is 0 Å². The first-order chi connectivity index (χ1) is 16.4. The minimum Gasteiger partial charge on any atom is -0.504 e. The molecule has 4 rings (SSSR count). The third kappa shape index (κ3) is 4.10. The van der Waals surface area contributed by atoms with Crippen LogP contribution in [-0.2, 0) is 9.53 Å². The van der Waals surface area contributed by atoms with Gasteiger partial charge in [0.2, 0.25) is 0 Å². The molecule has 3 aromatic rings. The predicted molar refractivity (Wildman–Crippen MR) is 128 cm³/mol. The van der Waals surface area contributed by atoms with Gasteiger partial charge in [-0.25, -0.2) is 9.79 Å². The summed E-state index contributed by atoms with van der Waals surface area (Å²) in [5.74, 6) is 0.372. The monoisotopic (exact) mass is 480 g/mol. The van der Waals surface area contributed by atoms with Gasteiger partial charge in [-0.15, -0.1) is 0 Å². The van der Waals surface area contributed by atoms with Crippen molar-refractivity contribution in [3.05, 3.63) is 84.5 Å². The molecule has 0 spiro atoms. The van der Waals surface area contributed by atoms with Gasteiger partial charge >= 0.3 is 5.97 Å². The molecule has 0 saturated heterocycles. The van der Waals surface area contributed by atoms with E-state index in [1.165, 1.54) is 23.0 Å². The topological polar surface area (TPSA) is 99.4 Å². The van der Waals surface area contributed by atoms with Crippen LogP contribution in [0.3, 0.4) is 0 Å². The van der Waals surface area contributed by atoms with E-state index in [4.69, 9.17) is 14.2 Å². The van der Waals surface area contributed by atoms with Crippen LogP contribution < -0.4 is 24.4 Å². The van der Waals surface area contributed by atoms with Gasteiger partial charge < -0.3 is 19.3 Å². The SMILES string of the molecule is CCOC(=O)C1=C(C)N=c2sc(=Cc3cccc(OC)c3O)c(=O)n2C1c1ccc(OC)cc1. The van der Waals surface area contributed by atoms with Crippen LogP contribution in [-0.4, -0.2) is 36.5 Å². The quantitative estimate of drug-likeness (QED) is 0.545. The lowest BCUT2D eigenvalue weighted by atomic mass is 9.96. The Morgan fingerprint density at radius 3 is 2.56 bits per heavy atom. The molecule has 2 aromatic carbocycles. The molecule has 1 atom stereocenters. The number of benzene rings is 2. The summed E-state index contributed by atoms with van der Waals surface area (Å²) < 4.78 is 17.6. The lowest BCUT2D eigenvalue weighted by Gasteiger charge is -2.24. The normalized spacial score (nSPS) is 15.5. The fraction of sp³-hybridized carbons (Fsp3) is 0.240. The van der Waals surface area contributed by atoms with E-state index < -0.39 is 12.0 Å². The van der Waals surface area contributed by atoms with Crippen LogP contribution >= 0.6 is 11.3 Å². The number of fused-ring (bicyclic) bond motifs is 1. The van der Waals surface area contributed by atoms with Crippen LogP contribution in [0.15, 0.2) is 63.5 Å². The zero-order valence-electron chi connectivity index (χ0n) is 19.2. The molecule has 1 N–H and O–H groups in total. The maximum Gasteiger partial charge on any atom is 0.338 e. The number of para-hydroxylation sites is 1. The van der Waals surface area contributed by atoms with Crippen molar-refractivity contribution in [3.8, 4) is 17.2 Å². The van der Waals surface area contributed by atoms with Crippen molar-refractivity contribution in [2.24, 2.45) is 4.99 Å². The molecule has 8 nitrogen and oxygen atoms in total. The molecule has 1 aromatic heterocycles. The van der Waals surface area contributed by atoms with E-state index in [2.05, 4.69) is 4.99 Å². The Hall–Kier alpha value is -3.85. The molecule has 0 fully saturated rings. The number of allylic oxidation sites excluding steroid dienone is 1. The fourth-order valence-corrected chi connectivity index (χ4v) is 4.89. The van der Waals surface area contributed by atoms with Crippen molar-refractivity contribution in [1.82, 2.24) is 4.57 Å². The molecule has 9 heteroatoms. The first-order valence-electron chi connectivity index (χ1n) is 10.6. The number of esters is 1. The van der Waals surface area contributed by atoms with Gasteiger partial charge in [-0.2, -0.15) is 0 Å². The minimum atomic E-state index is -0.720. The first-order valence-corrected chi connectivity index (χ1v) is 11.4. The maximum atomic E-state index is 13.6. The number of methoxy groups -OCH3 is 2. The number of hydrogen-bond donors (Lipinski definition) is 1. The largest absolute Gasteiger partial charge is 0.504 e. The second-order valence-electron chi connectivity index (χ2n) is 7.47. The van der Waals surface area contributed by atoms with E-state index in [1.807, 2.05) is 12.1 Å². The third-order valence-corrected chi connectivity index (χ3v) is 6.47. The van der Waals surface area contributed by atoms with E-state index in [0.717, 1.165) is 5.56 Å². The summed E-state index contributed by atoms with van der Waals surface area (Å²) in [6, 6.07) is 11.5. The summed E-state index contributed by atoms with van der Waals surface area (Å²) >= 11 is 1.18. The number of carbonyl (C=O) groups excluding carboxylic acids is 1. The van der Waals surface area contributed by atoms with E-state index in [-0.39, 0.29) is 17.9 Å². The van der Waals surface area contributed by atoms with E-state index >= 15 is 0 Å². The van der Waals surface area contributed by atoms with Crippen molar-refractivity contribution in [2.75, 3.05) is 20.8 Å². The first kappa shape index (κ1) is 23.3. The van der Waals surface area contributed by atoms with Gasteiger partial charge in [-0.1, -0.05) is 35.6 Å². The van der Waals surface area contributed by atoms with Crippen LogP contribution in [0.5, 0.6) is 17.2 Å². The molecule has 0 radical (unpaired) electrons. The zero-order chi connectivity index (χ0) is 24.4. The smallest absolute Gasteiger partial charge is 0.338 e. The molecule has 0 bridgehead atoms. The molecule has 0 aliphatic carbocycles. The fourth-order valence-electron chi connectivity index (χ4n) is 3.85. The third-order valence-electron chi connectivity index (χ3n) is 5.49. The summed E-state index contributed by atoms with van der Waals surface area (Å²) in [5.41, 5.74) is 1.61. The molecule has 0 saturated carbocycles. The number of phenols is 1. The van der Waals surface area contributed by atoms with Gasteiger partial charge in [0.05, 0.1) is 42.7 Å². The van der Waals surface area contributed by atoms with Gasteiger partial charge in [0.25, 0.3) is 5.56 Å². The van der Waals surface area contributed by atoms with Gasteiger partial charge in [0.15, 0.2) is 16.3 Å². The highest BCUT2D eigenvalue weighted by Crippen LogP contribution is 2.32. The zero-order valence-corrected chi connectivity index (χ0v) is 20.0. The summed E-state index contributed by atoms with van der Waals surface area (Å²) in [4.78, 5) is 31.5. The Balaban J connectivity index is 1.95. The number of phenolic OH excluding ortho intramolecular Hbond substituents is 1. The van der Waals surface area contributed by atoms with Gasteiger partial charge in [-0.3, -0.25) is 9.36 Å². The Labute approximate surface area is 199 Å². The van der Waals surface area contributed by atoms with Crippen LogP contribution in [0.1, 0.15) is 31.0 Å². The Morgan fingerprint density at radius 2 is 1.91 bits per heavy atom. The number of aromatic nitrogens is 1. The van der Waals surface area contributed by atoms with E-state index in [1.54, 1.807) is 57.4 Å². The summed E-state index contributed by atoms with van der Waals surface area (Å²) in [6.07, 6.45) is 1.59. The number of aromatic hydroxyl groups is 1. The van der Waals surface area contributed by atoms with Crippen molar-refractivity contribution in [2.45, 2.75) is 19.9 Å². The molecule has 0 amide bonds. The highest BCUT2D eigenvalue weighted by atomic mass is 32.1. The molecular weight excluding hydrogens is 456 g/mol. The van der Waals surface area contributed by atoms with Crippen LogP contribution in [0.2, 0.25) is 0 Å². The highest BCUT2D eigenvalue weighted by Gasteiger charge is 2.33. The van der Waals surface area contributed by atoms with Crippen LogP contribution in [0, 0.1) is 0 Å². The highest BCUT2D eigenvalue weighted by molar-refractivity contribution is 7.07. The molecule has 1 aliphatic rings. The number of ether oxygens (including phenoxy) is 3. The molecular formula is C25H24N2O6S. The standard InChI is InChI=1S/C25H24N2O6S/c1-5-33-24(30)20-14(2)26-25-27(21(20)15-9-11-17(31-3)12-10-15)23(29)19(34-25)13-16-7-6-8-18(32-4)22(16)28/h6-13,21,28H,5H2,1-4H3. The van der Waals surface area contributed by atoms with Crippen molar-refractivity contribution < 1.29 is 24.1 Å². The lowest BCUT2D eigenvalue weighted by Crippen LogP contribution is -2.39. The summed E-state index contributed by atoms with van der Waals surface area (Å²) in [5, 5.41) is 10.5. The Kier molecular flexibility index (Phi) is 6.56. The second kappa shape index (κ2) is 9.56. The number of carbonyl (C=O) groups is 1. The van der Waals surface area contributed by atoms with Crippen molar-refractivity contribution in [3.63, 3.8) is 0 Å². The molecule has 2 heterocycles. The number of rotatable bonds is 6. The molecule has 34 heavy (non-hydrogen) atoms. The summed E-state index contributed by atoms with van der Waals surface area (Å²) in [7, 11) is 3.03. The van der Waals surface area contributed by atoms with Crippen molar-refractivity contribution in [1.29, 1.82) is 0 Å². The molecule has 1 aliphatic heterocycles. The average Bonchev–Trinajstić information content (AvgIpc) is 3.14. The Morgan fingerprint density at radius 1 is 1.18 bits per heavy atom. The van der Waals surface area contributed by atoms with E-state index in [9.17, 15) is 14.7 Å². The van der Waals surface area contributed by atoms with Gasteiger partial charge in [-0.05, 0) is 43.7 Å². The second-order valence-corrected chi connectivity index (χ2v) is 8.48. The van der Waals surface area contributed by atoms with Gasteiger partial charge in [0, 0.05) is 5.56 Å². The molecule has 1 unspecified atom stereocenters. The lowest BCUT2D eigenvalue weighted by molar-refractivity contribution is -0.139. The summed E-state index contributed by atoms with van der Waals surface area (Å²) in [6.45, 7) is 3.66. The number of thiazole rings is 1. The van der Waals surface area contributed by atoms with E-state index in [0.29, 0.717) is 37.7 Å². The van der Waals surface area contributed by atoms with Gasteiger partial charge in [0.1, 0.15) is 5.75 Å². The predicted octanol–water partition coefficient (Wildman–Crippen LogP) is 2.52. The van der Waals surface area contributed by atoms with Crippen LogP contribution in [0.25, 0.3) is 6.08 Å². The number of nitrogens with zero attached hydrogens (tertiary/aromatic N) is 2. The number of hydrogen-bond acceptors (Lipinski definition) is 8.